The van der Waals surface area contributed by atoms with E-state index in [-0.39, 0.29) is 83.4 Å². The first-order valence-electron chi connectivity index (χ1n) is 22.6. The predicted molar refractivity (Wildman–Crippen MR) is 224 cm³/mol. The first-order valence-corrected chi connectivity index (χ1v) is 24.0. The number of ketones is 2. The van der Waals surface area contributed by atoms with Crippen molar-refractivity contribution in [1.29, 1.82) is 0 Å². The van der Waals surface area contributed by atoms with Gasteiger partial charge in [-0.25, -0.2) is 4.72 Å². The fourth-order valence-electron chi connectivity index (χ4n) is 12.5. The lowest BCUT2D eigenvalue weighted by atomic mass is 9.73. The zero-order valence-electron chi connectivity index (χ0n) is 36.8. The van der Waals surface area contributed by atoms with E-state index in [1.807, 2.05) is 20.8 Å². The van der Waals surface area contributed by atoms with E-state index >= 15 is 4.79 Å². The molecule has 13 heteroatoms. The zero-order chi connectivity index (χ0) is 42.6. The van der Waals surface area contributed by atoms with Crippen LogP contribution in [0.1, 0.15) is 145 Å². The maximum absolute atomic E-state index is 15.3. The van der Waals surface area contributed by atoms with Crippen molar-refractivity contribution in [1.82, 2.24) is 24.1 Å². The van der Waals surface area contributed by atoms with Crippen LogP contribution in [-0.2, 0) is 34.2 Å². The highest BCUT2D eigenvalue weighted by Crippen LogP contribution is 2.88. The Morgan fingerprint density at radius 1 is 0.897 bits per heavy atom. The van der Waals surface area contributed by atoms with Gasteiger partial charge in [-0.2, -0.15) is 12.7 Å². The second-order valence-electron chi connectivity index (χ2n) is 20.5. The Bertz CT molecular complexity index is 1740. The highest BCUT2D eigenvalue weighted by atomic mass is 32.2. The van der Waals surface area contributed by atoms with Gasteiger partial charge in [0.1, 0.15) is 0 Å². The van der Waals surface area contributed by atoms with Crippen LogP contribution in [0.3, 0.4) is 0 Å². The summed E-state index contributed by atoms with van der Waals surface area (Å²) in [6.07, 6.45) is 11.8. The van der Waals surface area contributed by atoms with Gasteiger partial charge in [0.25, 0.3) is 0 Å². The van der Waals surface area contributed by atoms with Crippen LogP contribution < -0.4 is 10.0 Å². The van der Waals surface area contributed by atoms with Gasteiger partial charge < -0.3 is 10.2 Å². The molecule has 0 radical (unpaired) electrons. The molecule has 2 N–H and O–H groups in total. The summed E-state index contributed by atoms with van der Waals surface area (Å²) >= 11 is 0. The number of Topliss-reactive ketones (excluding diaryl/α,β-unsaturated/α-hetero) is 2. The van der Waals surface area contributed by atoms with E-state index in [0.717, 1.165) is 77.3 Å². The molecule has 0 aromatic carbocycles. The van der Waals surface area contributed by atoms with Crippen LogP contribution in [0.15, 0.2) is 12.7 Å². The Morgan fingerprint density at radius 2 is 1.53 bits per heavy atom. The molecule has 7 atom stereocenters. The summed E-state index contributed by atoms with van der Waals surface area (Å²) in [7, 11) is -4.12. The lowest BCUT2D eigenvalue weighted by Gasteiger charge is -2.37. The summed E-state index contributed by atoms with van der Waals surface area (Å²) in [4.78, 5) is 76.5. The third-order valence-corrected chi connectivity index (χ3v) is 18.3. The first-order chi connectivity index (χ1) is 27.2. The monoisotopic (exact) mass is 828 g/mol. The predicted octanol–water partition coefficient (Wildman–Crippen LogP) is 5.81. The third-order valence-electron chi connectivity index (χ3n) is 16.7. The van der Waals surface area contributed by atoms with Gasteiger partial charge >= 0.3 is 10.2 Å². The second-order valence-corrected chi connectivity index (χ2v) is 22.1. The molecule has 6 aliphatic rings. The average Bonchev–Trinajstić information content (AvgIpc) is 3.62. The Labute approximate surface area is 348 Å². The number of nitrogens with one attached hydrogen (secondary N) is 2. The summed E-state index contributed by atoms with van der Waals surface area (Å²) in [5, 5.41) is 3.23. The van der Waals surface area contributed by atoms with Crippen LogP contribution in [0.5, 0.6) is 0 Å². The number of fused-ring (bicyclic) bond motifs is 1. The minimum atomic E-state index is -4.12. The molecule has 326 valence electrons. The Kier molecular flexibility index (Phi) is 12.6. The van der Waals surface area contributed by atoms with E-state index in [0.29, 0.717) is 19.4 Å². The summed E-state index contributed by atoms with van der Waals surface area (Å²) in [6, 6.07) is -1.75. The molecular weight excluding hydrogens is 755 g/mol. The fraction of sp³-hybridized carbons (Fsp3) is 0.844. The van der Waals surface area contributed by atoms with Crippen molar-refractivity contribution in [2.75, 3.05) is 32.7 Å². The van der Waals surface area contributed by atoms with Crippen molar-refractivity contribution < 1.29 is 32.4 Å². The molecule has 6 rings (SSSR count). The molecule has 3 amide bonds. The van der Waals surface area contributed by atoms with Gasteiger partial charge in [-0.15, -0.1) is 6.58 Å². The van der Waals surface area contributed by atoms with Gasteiger partial charge in [-0.3, -0.25) is 28.9 Å². The number of likely N-dealkylation sites (N-methyl/N-ethyl adjacent to an activating group) is 1. The number of rotatable bonds is 17. The van der Waals surface area contributed by atoms with Crippen molar-refractivity contribution in [2.45, 2.75) is 163 Å². The minimum absolute atomic E-state index is 0.0187. The van der Waals surface area contributed by atoms with Crippen molar-refractivity contribution in [3.05, 3.63) is 12.7 Å². The quantitative estimate of drug-likeness (QED) is 0.175. The molecule has 4 saturated carbocycles. The maximum Gasteiger partial charge on any atom is 0.303 e. The molecule has 2 spiro atoms. The molecule has 0 bridgehead atoms. The molecule has 2 heterocycles. The smallest absolute Gasteiger partial charge is 0.303 e. The van der Waals surface area contributed by atoms with Gasteiger partial charge in [-0.1, -0.05) is 87.1 Å². The maximum atomic E-state index is 15.3. The van der Waals surface area contributed by atoms with E-state index in [1.54, 1.807) is 24.8 Å². The van der Waals surface area contributed by atoms with Crippen LogP contribution in [0.4, 0.5) is 0 Å². The van der Waals surface area contributed by atoms with E-state index in [1.165, 1.54) is 4.31 Å². The molecule has 4 aliphatic carbocycles. The van der Waals surface area contributed by atoms with Gasteiger partial charge in [0.2, 0.25) is 17.7 Å². The topological polar surface area (TPSA) is 153 Å². The molecule has 6 fully saturated rings. The third kappa shape index (κ3) is 7.53. The Morgan fingerprint density at radius 3 is 2.05 bits per heavy atom. The summed E-state index contributed by atoms with van der Waals surface area (Å²) in [5.41, 5.74) is -2.25. The lowest BCUT2D eigenvalue weighted by molar-refractivity contribution is -0.147. The number of carbonyl (C=O) groups excluding carboxylic acids is 5. The molecule has 0 aromatic rings. The van der Waals surface area contributed by atoms with Crippen LogP contribution >= 0.6 is 0 Å². The molecule has 0 unspecified atom stereocenters. The molecule has 58 heavy (non-hydrogen) atoms. The molecule has 0 aromatic heterocycles. The summed E-state index contributed by atoms with van der Waals surface area (Å²) < 4.78 is 29.8. The number of carbonyl (C=O) groups is 5. The molecular formula is C45H73N5O7S. The van der Waals surface area contributed by atoms with Gasteiger partial charge in [0.15, 0.2) is 11.6 Å². The summed E-state index contributed by atoms with van der Waals surface area (Å²) in [6.45, 7) is 22.2. The van der Waals surface area contributed by atoms with Crippen LogP contribution in [0.25, 0.3) is 0 Å². The van der Waals surface area contributed by atoms with Gasteiger partial charge in [0.05, 0.1) is 23.5 Å². The van der Waals surface area contributed by atoms with E-state index < -0.39 is 44.9 Å². The van der Waals surface area contributed by atoms with E-state index in [2.05, 4.69) is 42.3 Å². The van der Waals surface area contributed by atoms with Crippen molar-refractivity contribution >= 4 is 39.5 Å². The van der Waals surface area contributed by atoms with Crippen molar-refractivity contribution in [2.24, 2.45) is 44.8 Å². The number of hydrogen-bond donors (Lipinski definition) is 2. The zero-order valence-corrected chi connectivity index (χ0v) is 37.6. The standard InChI is InChI=1S/C45H73N5O7S/c1-10-31-26-43(31,40(55)47-58(56,57)49(12-3)13-4)28-36(52)34-27-45(42(8,9)44(45)22-18-23-44)29-50(34)39(54)32(41(5,6)7)25-35(51)37(30-19-14-15-20-30)46-38(53)33-21-16-17-24-48(33)11-2/h10,30-34,37H,1,11-29H2,2-9H3,(H,46,53)(H,47,55)/t31-,32-,33+,34+,37+,43-,45-/m1/s1. The summed E-state index contributed by atoms with van der Waals surface area (Å²) in [5.74, 6) is -2.50. The van der Waals surface area contributed by atoms with Gasteiger partial charge in [-0.05, 0) is 92.5 Å². The highest BCUT2D eigenvalue weighted by molar-refractivity contribution is 7.87. The Hall–Kier alpha value is -2.64. The lowest BCUT2D eigenvalue weighted by Crippen LogP contribution is -2.55. The first kappa shape index (κ1) is 44.9. The van der Waals surface area contributed by atoms with Crippen molar-refractivity contribution in [3.8, 4) is 0 Å². The average molecular weight is 828 g/mol. The number of amides is 3. The number of nitrogens with zero attached hydrogens (tertiary/aromatic N) is 3. The van der Waals surface area contributed by atoms with Gasteiger partial charge in [0, 0.05) is 43.8 Å². The molecule has 12 nitrogen and oxygen atoms in total. The highest BCUT2D eigenvalue weighted by Gasteiger charge is 2.85. The number of hydrogen-bond acceptors (Lipinski definition) is 8. The Balaban J connectivity index is 1.28. The molecule has 2 aliphatic heterocycles. The van der Waals surface area contributed by atoms with E-state index in [4.69, 9.17) is 0 Å². The van der Waals surface area contributed by atoms with Crippen LogP contribution in [0.2, 0.25) is 0 Å². The molecule has 2 saturated heterocycles. The number of piperidine rings is 1. The number of allylic oxidation sites excluding steroid dienone is 1. The van der Waals surface area contributed by atoms with E-state index in [9.17, 15) is 27.6 Å². The second kappa shape index (κ2) is 16.3. The fourth-order valence-corrected chi connectivity index (χ4v) is 13.8. The van der Waals surface area contributed by atoms with Crippen LogP contribution in [0, 0.1) is 44.8 Å². The normalized spacial score (nSPS) is 31.5. The number of likely N-dealkylation sites (tertiary alicyclic amines) is 2. The largest absolute Gasteiger partial charge is 0.345 e. The van der Waals surface area contributed by atoms with Crippen molar-refractivity contribution in [3.63, 3.8) is 0 Å². The van der Waals surface area contributed by atoms with Crippen LogP contribution in [-0.4, -0.2) is 103 Å². The minimum Gasteiger partial charge on any atom is -0.345 e. The SMILES string of the molecule is C=C[C@@H]1C[C@]1(CC(=O)[C@@H]1C[C@@]2(CN1C(=O)[C@@H](CC(=O)[C@@H](NC(=O)[C@@H]1CCCCN1CC)C1CCCC1)C(C)(C)C)C(C)(C)C21CCC1)C(=O)NS(=O)(=O)N(CC)CC.